The molecule has 3 rings (SSSR count). The van der Waals surface area contributed by atoms with Crippen LogP contribution in [0.4, 0.5) is 11.6 Å². The van der Waals surface area contributed by atoms with Crippen molar-refractivity contribution >= 4 is 29.1 Å². The molecular formula is C19H14ClN5O. The molecule has 6 nitrogen and oxygen atoms in total. The number of nitriles is 1. The molecule has 0 radical (unpaired) electrons. The zero-order valence-corrected chi connectivity index (χ0v) is 14.4. The van der Waals surface area contributed by atoms with Crippen molar-refractivity contribution in [3.8, 4) is 6.07 Å². The molecular weight excluding hydrogens is 350 g/mol. The van der Waals surface area contributed by atoms with E-state index in [9.17, 15) is 4.79 Å². The molecule has 0 bridgehead atoms. The average molecular weight is 364 g/mol. The van der Waals surface area contributed by atoms with Crippen LogP contribution in [-0.2, 0) is 6.54 Å². The molecule has 1 aromatic heterocycles. The minimum Gasteiger partial charge on any atom is -0.347 e. The summed E-state index contributed by atoms with van der Waals surface area (Å²) in [6, 6.07) is 17.7. The van der Waals surface area contributed by atoms with E-state index in [0.29, 0.717) is 23.1 Å². The van der Waals surface area contributed by atoms with E-state index in [1.807, 2.05) is 12.1 Å². The summed E-state index contributed by atoms with van der Waals surface area (Å²) in [5.74, 6) is -0.000853. The normalized spacial score (nSPS) is 10.0. The fraction of sp³-hybridized carbons (Fsp3) is 0.0526. The minimum atomic E-state index is -0.301. The molecule has 1 heterocycles. The number of nitrogens with zero attached hydrogens (tertiary/aromatic N) is 3. The molecule has 0 atom stereocenters. The lowest BCUT2D eigenvalue weighted by Gasteiger charge is -2.08. The van der Waals surface area contributed by atoms with Gasteiger partial charge in [0.2, 0.25) is 5.95 Å². The number of aromatic nitrogens is 2. The summed E-state index contributed by atoms with van der Waals surface area (Å²) in [6.45, 7) is 0.373. The van der Waals surface area contributed by atoms with Gasteiger partial charge in [0.1, 0.15) is 5.69 Å². The lowest BCUT2D eigenvalue weighted by atomic mass is 10.2. The second-order valence-electron chi connectivity index (χ2n) is 5.39. The van der Waals surface area contributed by atoms with Crippen LogP contribution in [0.5, 0.6) is 0 Å². The van der Waals surface area contributed by atoms with Gasteiger partial charge in [0.05, 0.1) is 11.6 Å². The predicted octanol–water partition coefficient (Wildman–Crippen LogP) is 3.68. The molecule has 2 aromatic carbocycles. The highest BCUT2D eigenvalue weighted by molar-refractivity contribution is 6.30. The number of nitrogens with one attached hydrogen (secondary N) is 2. The molecule has 1 amide bonds. The van der Waals surface area contributed by atoms with E-state index >= 15 is 0 Å². The minimum absolute atomic E-state index is 0.255. The Hall–Kier alpha value is -3.43. The van der Waals surface area contributed by atoms with Gasteiger partial charge in [-0.3, -0.25) is 4.79 Å². The Kier molecular flexibility index (Phi) is 5.42. The number of halogens is 1. The third-order valence-corrected chi connectivity index (χ3v) is 3.78. The molecule has 0 spiro atoms. The van der Waals surface area contributed by atoms with Gasteiger partial charge in [0, 0.05) is 23.5 Å². The van der Waals surface area contributed by atoms with Crippen LogP contribution in [-0.4, -0.2) is 15.9 Å². The molecule has 26 heavy (non-hydrogen) atoms. The maximum Gasteiger partial charge on any atom is 0.270 e. The van der Waals surface area contributed by atoms with Crippen LogP contribution in [0, 0.1) is 11.3 Å². The summed E-state index contributed by atoms with van der Waals surface area (Å²) >= 11 is 5.84. The lowest BCUT2D eigenvalue weighted by Crippen LogP contribution is -2.24. The molecule has 0 unspecified atom stereocenters. The van der Waals surface area contributed by atoms with Crippen molar-refractivity contribution < 1.29 is 4.79 Å². The summed E-state index contributed by atoms with van der Waals surface area (Å²) in [5, 5.41) is 15.3. The Morgan fingerprint density at radius 3 is 2.50 bits per heavy atom. The van der Waals surface area contributed by atoms with Crippen LogP contribution in [0.3, 0.4) is 0 Å². The van der Waals surface area contributed by atoms with Crippen molar-refractivity contribution in [1.29, 1.82) is 5.26 Å². The number of anilines is 2. The number of rotatable bonds is 5. The van der Waals surface area contributed by atoms with Crippen molar-refractivity contribution in [2.75, 3.05) is 5.32 Å². The van der Waals surface area contributed by atoms with Crippen molar-refractivity contribution in [3.05, 3.63) is 82.6 Å². The summed E-state index contributed by atoms with van der Waals surface area (Å²) < 4.78 is 0. The Morgan fingerprint density at radius 2 is 1.81 bits per heavy atom. The molecule has 128 valence electrons. The van der Waals surface area contributed by atoms with Gasteiger partial charge in [0.15, 0.2) is 0 Å². The second kappa shape index (κ2) is 8.10. The Bertz CT molecular complexity index is 949. The number of amides is 1. The summed E-state index contributed by atoms with van der Waals surface area (Å²) in [4.78, 5) is 20.6. The first kappa shape index (κ1) is 17.4. The third kappa shape index (κ3) is 4.56. The fourth-order valence-corrected chi connectivity index (χ4v) is 2.30. The zero-order valence-electron chi connectivity index (χ0n) is 13.6. The topological polar surface area (TPSA) is 90.7 Å². The highest BCUT2D eigenvalue weighted by Gasteiger charge is 2.09. The van der Waals surface area contributed by atoms with Crippen LogP contribution in [0.15, 0.2) is 60.8 Å². The smallest absolute Gasteiger partial charge is 0.270 e. The van der Waals surface area contributed by atoms with Gasteiger partial charge in [0.25, 0.3) is 5.91 Å². The highest BCUT2D eigenvalue weighted by Crippen LogP contribution is 2.14. The third-order valence-electron chi connectivity index (χ3n) is 3.52. The largest absolute Gasteiger partial charge is 0.347 e. The molecule has 0 saturated heterocycles. The van der Waals surface area contributed by atoms with Gasteiger partial charge in [-0.1, -0.05) is 23.7 Å². The van der Waals surface area contributed by atoms with Crippen LogP contribution in [0.1, 0.15) is 21.6 Å². The maximum absolute atomic E-state index is 12.3. The van der Waals surface area contributed by atoms with E-state index in [0.717, 1.165) is 11.3 Å². The summed E-state index contributed by atoms with van der Waals surface area (Å²) in [7, 11) is 0. The molecule has 0 aliphatic rings. The fourth-order valence-electron chi connectivity index (χ4n) is 2.18. The molecule has 2 N–H and O–H groups in total. The maximum atomic E-state index is 12.3. The van der Waals surface area contributed by atoms with E-state index in [4.69, 9.17) is 16.9 Å². The molecule has 0 fully saturated rings. The number of hydrogen-bond acceptors (Lipinski definition) is 5. The van der Waals surface area contributed by atoms with Gasteiger partial charge >= 0.3 is 0 Å². The van der Waals surface area contributed by atoms with E-state index in [1.165, 1.54) is 6.20 Å². The number of carbonyl (C=O) groups excluding carboxylic acids is 1. The standard InChI is InChI=1S/C19H14ClN5O/c20-15-5-1-14(2-6-15)12-23-18(26)17-9-10-22-19(25-17)24-16-7-3-13(11-21)4-8-16/h1-10H,12H2,(H,23,26)(H,22,24,25). The first-order valence-electron chi connectivity index (χ1n) is 7.77. The lowest BCUT2D eigenvalue weighted by molar-refractivity contribution is 0.0946. The predicted molar refractivity (Wildman–Crippen MR) is 99.1 cm³/mol. The SMILES string of the molecule is N#Cc1ccc(Nc2nccc(C(=O)NCc3ccc(Cl)cc3)n2)cc1. The first-order chi connectivity index (χ1) is 12.6. The number of carbonyl (C=O) groups is 1. The van der Waals surface area contributed by atoms with Crippen molar-refractivity contribution in [1.82, 2.24) is 15.3 Å². The van der Waals surface area contributed by atoms with Crippen LogP contribution in [0.2, 0.25) is 5.02 Å². The van der Waals surface area contributed by atoms with Gasteiger partial charge in [-0.2, -0.15) is 5.26 Å². The highest BCUT2D eigenvalue weighted by atomic mass is 35.5. The zero-order chi connectivity index (χ0) is 18.4. The van der Waals surface area contributed by atoms with Crippen LogP contribution in [0.25, 0.3) is 0 Å². The molecule has 0 aliphatic carbocycles. The Balaban J connectivity index is 1.64. The van der Waals surface area contributed by atoms with E-state index in [1.54, 1.807) is 42.5 Å². The monoisotopic (exact) mass is 363 g/mol. The van der Waals surface area contributed by atoms with Crippen molar-refractivity contribution in [2.24, 2.45) is 0 Å². The van der Waals surface area contributed by atoms with Gasteiger partial charge in [-0.05, 0) is 48.0 Å². The number of benzene rings is 2. The Labute approximate surface area is 155 Å². The molecule has 0 aliphatic heterocycles. The average Bonchev–Trinajstić information content (AvgIpc) is 2.68. The number of hydrogen-bond donors (Lipinski definition) is 2. The van der Waals surface area contributed by atoms with Crippen molar-refractivity contribution in [2.45, 2.75) is 6.54 Å². The molecule has 7 heteroatoms. The van der Waals surface area contributed by atoms with Crippen molar-refractivity contribution in [3.63, 3.8) is 0 Å². The summed E-state index contributed by atoms with van der Waals surface area (Å²) in [6.07, 6.45) is 1.51. The Morgan fingerprint density at radius 1 is 1.08 bits per heavy atom. The van der Waals surface area contributed by atoms with Gasteiger partial charge in [-0.15, -0.1) is 0 Å². The van der Waals surface area contributed by atoms with Crippen LogP contribution >= 0.6 is 11.6 Å². The first-order valence-corrected chi connectivity index (χ1v) is 8.15. The van der Waals surface area contributed by atoms with Gasteiger partial charge < -0.3 is 10.6 Å². The van der Waals surface area contributed by atoms with Crippen LogP contribution < -0.4 is 10.6 Å². The molecule has 0 saturated carbocycles. The van der Waals surface area contributed by atoms with Gasteiger partial charge in [-0.25, -0.2) is 9.97 Å². The second-order valence-corrected chi connectivity index (χ2v) is 5.83. The van der Waals surface area contributed by atoms with E-state index in [-0.39, 0.29) is 11.6 Å². The van der Waals surface area contributed by atoms with E-state index in [2.05, 4.69) is 26.7 Å². The van der Waals surface area contributed by atoms with E-state index < -0.39 is 0 Å². The molecule has 3 aromatic rings. The summed E-state index contributed by atoms with van der Waals surface area (Å²) in [5.41, 5.74) is 2.48. The quantitative estimate of drug-likeness (QED) is 0.721.